The summed E-state index contributed by atoms with van der Waals surface area (Å²) in [6.07, 6.45) is 7.39. The van der Waals surface area contributed by atoms with Crippen molar-refractivity contribution in [2.45, 2.75) is 45.6 Å². The molecular weight excluding hydrogens is 218 g/mol. The number of benzene rings is 1. The van der Waals surface area contributed by atoms with Crippen LogP contribution in [0.4, 0.5) is 5.69 Å². The smallest absolute Gasteiger partial charge is 0.0442 e. The summed E-state index contributed by atoms with van der Waals surface area (Å²) < 4.78 is 0. The zero-order valence-electron chi connectivity index (χ0n) is 11.7. The molecule has 0 heterocycles. The second-order valence-corrected chi connectivity index (χ2v) is 5.46. The molecule has 0 aromatic heterocycles. The van der Waals surface area contributed by atoms with E-state index >= 15 is 0 Å². The molecule has 1 aliphatic carbocycles. The highest BCUT2D eigenvalue weighted by atomic mass is 15.2. The second-order valence-electron chi connectivity index (χ2n) is 5.46. The van der Waals surface area contributed by atoms with E-state index in [4.69, 9.17) is 0 Å². The van der Waals surface area contributed by atoms with E-state index in [9.17, 15) is 0 Å². The molecule has 1 saturated carbocycles. The maximum atomic E-state index is 3.94. The Morgan fingerprint density at radius 2 is 1.89 bits per heavy atom. The molecule has 0 spiro atoms. The van der Waals surface area contributed by atoms with Gasteiger partial charge in [0.05, 0.1) is 0 Å². The van der Waals surface area contributed by atoms with Crippen LogP contribution in [-0.4, -0.2) is 12.6 Å². The molecule has 0 unspecified atom stereocenters. The Labute approximate surface area is 112 Å². The van der Waals surface area contributed by atoms with Gasteiger partial charge in [0.2, 0.25) is 0 Å². The third kappa shape index (κ3) is 2.77. The van der Waals surface area contributed by atoms with E-state index in [1.165, 1.54) is 36.9 Å². The van der Waals surface area contributed by atoms with Crippen molar-refractivity contribution >= 4 is 11.8 Å². The van der Waals surface area contributed by atoms with Crippen LogP contribution in [0.15, 0.2) is 30.8 Å². The Bertz CT molecular complexity index is 388. The first-order chi connectivity index (χ1) is 8.76. The predicted molar refractivity (Wildman–Crippen MR) is 81.0 cm³/mol. The van der Waals surface area contributed by atoms with Crippen LogP contribution < -0.4 is 4.90 Å². The normalized spacial score (nSPS) is 23.7. The molecule has 1 aliphatic rings. The van der Waals surface area contributed by atoms with E-state index in [0.717, 1.165) is 12.5 Å². The standard InChI is InChI=1S/C17H25N/c1-4-15-8-6-7-9-17(15)18(5-2)16-12-10-14(3)11-13-16/h4,6-9,14,16H,1,5,10-13H2,2-3H3. The van der Waals surface area contributed by atoms with Crippen molar-refractivity contribution in [1.82, 2.24) is 0 Å². The largest absolute Gasteiger partial charge is 0.368 e. The maximum absolute atomic E-state index is 3.94. The average Bonchev–Trinajstić information content (AvgIpc) is 2.42. The fraction of sp³-hybridized carbons (Fsp3) is 0.529. The number of hydrogen-bond donors (Lipinski definition) is 0. The van der Waals surface area contributed by atoms with Gasteiger partial charge in [0.15, 0.2) is 0 Å². The summed E-state index contributed by atoms with van der Waals surface area (Å²) >= 11 is 0. The van der Waals surface area contributed by atoms with Crippen molar-refractivity contribution < 1.29 is 0 Å². The predicted octanol–water partition coefficient (Wildman–Crippen LogP) is 4.73. The van der Waals surface area contributed by atoms with Crippen molar-refractivity contribution in [3.05, 3.63) is 36.4 Å². The van der Waals surface area contributed by atoms with Crippen molar-refractivity contribution in [3.63, 3.8) is 0 Å². The van der Waals surface area contributed by atoms with E-state index < -0.39 is 0 Å². The van der Waals surface area contributed by atoms with Gasteiger partial charge < -0.3 is 4.90 Å². The summed E-state index contributed by atoms with van der Waals surface area (Å²) in [5.74, 6) is 0.912. The average molecular weight is 243 g/mol. The minimum absolute atomic E-state index is 0.715. The van der Waals surface area contributed by atoms with E-state index in [2.05, 4.69) is 49.6 Å². The summed E-state index contributed by atoms with van der Waals surface area (Å²) in [5.41, 5.74) is 2.62. The van der Waals surface area contributed by atoms with Crippen molar-refractivity contribution in [1.29, 1.82) is 0 Å². The summed E-state index contributed by atoms with van der Waals surface area (Å²) in [5, 5.41) is 0. The van der Waals surface area contributed by atoms with Crippen LogP contribution in [0, 0.1) is 5.92 Å². The van der Waals surface area contributed by atoms with Crippen LogP contribution in [0.2, 0.25) is 0 Å². The molecule has 1 fully saturated rings. The van der Waals surface area contributed by atoms with E-state index in [1.807, 2.05) is 6.08 Å². The monoisotopic (exact) mass is 243 g/mol. The maximum Gasteiger partial charge on any atom is 0.0442 e. The van der Waals surface area contributed by atoms with Gasteiger partial charge in [-0.2, -0.15) is 0 Å². The van der Waals surface area contributed by atoms with Gasteiger partial charge in [-0.15, -0.1) is 0 Å². The Morgan fingerprint density at radius 3 is 2.50 bits per heavy atom. The van der Waals surface area contributed by atoms with Crippen molar-refractivity contribution in [2.75, 3.05) is 11.4 Å². The first-order valence-corrected chi connectivity index (χ1v) is 7.24. The molecule has 98 valence electrons. The number of rotatable bonds is 4. The molecule has 1 aromatic rings. The summed E-state index contributed by atoms with van der Waals surface area (Å²) in [6.45, 7) is 9.67. The van der Waals surface area contributed by atoms with Crippen LogP contribution in [0.5, 0.6) is 0 Å². The molecule has 18 heavy (non-hydrogen) atoms. The van der Waals surface area contributed by atoms with Crippen LogP contribution in [0.3, 0.4) is 0 Å². The Kier molecular flexibility index (Phi) is 4.46. The van der Waals surface area contributed by atoms with E-state index in [0.29, 0.717) is 6.04 Å². The van der Waals surface area contributed by atoms with Crippen molar-refractivity contribution in [2.24, 2.45) is 5.92 Å². The van der Waals surface area contributed by atoms with Gasteiger partial charge in [-0.1, -0.05) is 37.8 Å². The minimum atomic E-state index is 0.715. The Balaban J connectivity index is 2.19. The van der Waals surface area contributed by atoms with Gasteiger partial charge >= 0.3 is 0 Å². The molecule has 0 radical (unpaired) electrons. The molecular formula is C17H25N. The fourth-order valence-electron chi connectivity index (χ4n) is 3.10. The first kappa shape index (κ1) is 13.2. The van der Waals surface area contributed by atoms with Gasteiger partial charge in [0.25, 0.3) is 0 Å². The van der Waals surface area contributed by atoms with Crippen LogP contribution in [-0.2, 0) is 0 Å². The first-order valence-electron chi connectivity index (χ1n) is 7.24. The summed E-state index contributed by atoms with van der Waals surface area (Å²) in [7, 11) is 0. The Morgan fingerprint density at radius 1 is 1.22 bits per heavy atom. The van der Waals surface area contributed by atoms with Crippen molar-refractivity contribution in [3.8, 4) is 0 Å². The fourth-order valence-corrected chi connectivity index (χ4v) is 3.10. The van der Waals surface area contributed by atoms with E-state index in [1.54, 1.807) is 0 Å². The molecule has 0 bridgehead atoms. The number of anilines is 1. The zero-order chi connectivity index (χ0) is 13.0. The van der Waals surface area contributed by atoms with Gasteiger partial charge in [0.1, 0.15) is 0 Å². The third-order valence-electron chi connectivity index (χ3n) is 4.23. The summed E-state index contributed by atoms with van der Waals surface area (Å²) in [4.78, 5) is 2.57. The molecule has 1 aromatic carbocycles. The Hall–Kier alpha value is -1.24. The van der Waals surface area contributed by atoms with Crippen LogP contribution >= 0.6 is 0 Å². The second kappa shape index (κ2) is 6.08. The lowest BCUT2D eigenvalue weighted by Crippen LogP contribution is -2.38. The molecule has 1 heteroatoms. The number of hydrogen-bond acceptors (Lipinski definition) is 1. The highest BCUT2D eigenvalue weighted by Crippen LogP contribution is 2.32. The quantitative estimate of drug-likeness (QED) is 0.738. The SMILES string of the molecule is C=Cc1ccccc1N(CC)C1CCC(C)CC1. The molecule has 0 N–H and O–H groups in total. The van der Waals surface area contributed by atoms with Gasteiger partial charge in [-0.05, 0) is 50.2 Å². The molecule has 0 amide bonds. The van der Waals surface area contributed by atoms with Gasteiger partial charge in [-0.3, -0.25) is 0 Å². The minimum Gasteiger partial charge on any atom is -0.368 e. The lowest BCUT2D eigenvalue weighted by Gasteiger charge is -2.38. The third-order valence-corrected chi connectivity index (χ3v) is 4.23. The van der Waals surface area contributed by atoms with Gasteiger partial charge in [0, 0.05) is 18.3 Å². The highest BCUT2D eigenvalue weighted by molar-refractivity contribution is 5.67. The zero-order valence-corrected chi connectivity index (χ0v) is 11.7. The number of para-hydroxylation sites is 1. The van der Waals surface area contributed by atoms with E-state index in [-0.39, 0.29) is 0 Å². The van der Waals surface area contributed by atoms with Gasteiger partial charge in [-0.25, -0.2) is 0 Å². The van der Waals surface area contributed by atoms with Crippen LogP contribution in [0.25, 0.3) is 6.08 Å². The number of nitrogens with zero attached hydrogens (tertiary/aromatic N) is 1. The topological polar surface area (TPSA) is 3.24 Å². The highest BCUT2D eigenvalue weighted by Gasteiger charge is 2.24. The molecule has 2 rings (SSSR count). The molecule has 0 aliphatic heterocycles. The molecule has 0 atom stereocenters. The lowest BCUT2D eigenvalue weighted by atomic mass is 9.86. The van der Waals surface area contributed by atoms with Crippen LogP contribution in [0.1, 0.15) is 45.1 Å². The summed E-state index contributed by atoms with van der Waals surface area (Å²) in [6, 6.07) is 9.34. The lowest BCUT2D eigenvalue weighted by molar-refractivity contribution is 0.335. The molecule has 0 saturated heterocycles. The molecule has 1 nitrogen and oxygen atoms in total.